The minimum absolute atomic E-state index is 0.129. The van der Waals surface area contributed by atoms with E-state index in [1.807, 2.05) is 43.3 Å². The van der Waals surface area contributed by atoms with Crippen molar-refractivity contribution in [1.82, 2.24) is 10.6 Å². The minimum Gasteiger partial charge on any atom is -0.359 e. The standard InChI is InChI=1S/C25H29N3O4/c1-14-5-4-8-17(13-14)28-21(23(30)27-15-6-2-3-7-15)25-12-11-18(32-25)19(20(25)24(28)31)22(29)26-16-9-10-16/h4-5,8,11-13,15-16,18-21H,2-3,6-7,9-10H2,1H3,(H,26,29)(H,27,30)/t18-,19+,20-,21+,25+/m1/s1. The first-order chi connectivity index (χ1) is 15.5. The lowest BCUT2D eigenvalue weighted by atomic mass is 9.74. The van der Waals surface area contributed by atoms with E-state index in [4.69, 9.17) is 4.74 Å². The highest BCUT2D eigenvalue weighted by molar-refractivity contribution is 6.10. The molecule has 2 bridgehead atoms. The van der Waals surface area contributed by atoms with Crippen LogP contribution in [0.3, 0.4) is 0 Å². The molecule has 0 radical (unpaired) electrons. The molecule has 2 saturated heterocycles. The summed E-state index contributed by atoms with van der Waals surface area (Å²) in [6.45, 7) is 1.96. The number of carbonyl (C=O) groups excluding carboxylic acids is 3. The molecule has 168 valence electrons. The summed E-state index contributed by atoms with van der Waals surface area (Å²) >= 11 is 0. The number of hydrogen-bond donors (Lipinski definition) is 2. The first kappa shape index (κ1) is 20.0. The number of nitrogens with zero attached hydrogens (tertiary/aromatic N) is 1. The summed E-state index contributed by atoms with van der Waals surface area (Å²) < 4.78 is 6.37. The van der Waals surface area contributed by atoms with Gasteiger partial charge in [-0.25, -0.2) is 0 Å². The van der Waals surface area contributed by atoms with Crippen LogP contribution >= 0.6 is 0 Å². The van der Waals surface area contributed by atoms with E-state index >= 15 is 0 Å². The molecule has 2 N–H and O–H groups in total. The van der Waals surface area contributed by atoms with E-state index in [0.29, 0.717) is 5.69 Å². The lowest BCUT2D eigenvalue weighted by Gasteiger charge is -2.33. The van der Waals surface area contributed by atoms with Crippen molar-refractivity contribution in [2.45, 2.75) is 75.3 Å². The Morgan fingerprint density at radius 1 is 1.06 bits per heavy atom. The van der Waals surface area contributed by atoms with Gasteiger partial charge in [-0.15, -0.1) is 0 Å². The summed E-state index contributed by atoms with van der Waals surface area (Å²) in [6, 6.07) is 7.12. The molecule has 3 heterocycles. The van der Waals surface area contributed by atoms with Crippen molar-refractivity contribution in [3.05, 3.63) is 42.0 Å². The lowest BCUT2D eigenvalue weighted by Crippen LogP contribution is -2.56. The number of hydrogen-bond acceptors (Lipinski definition) is 4. The molecule has 0 unspecified atom stereocenters. The van der Waals surface area contributed by atoms with Crippen LogP contribution in [0.5, 0.6) is 0 Å². The quantitative estimate of drug-likeness (QED) is 0.693. The van der Waals surface area contributed by atoms with E-state index in [2.05, 4.69) is 10.6 Å². The summed E-state index contributed by atoms with van der Waals surface area (Å²) in [6.07, 6.45) is 9.35. The van der Waals surface area contributed by atoms with Gasteiger partial charge < -0.3 is 15.4 Å². The van der Waals surface area contributed by atoms with Crippen LogP contribution in [-0.2, 0) is 19.1 Å². The van der Waals surface area contributed by atoms with Crippen LogP contribution in [-0.4, -0.2) is 47.6 Å². The van der Waals surface area contributed by atoms with Gasteiger partial charge in [-0.2, -0.15) is 0 Å². The fraction of sp³-hybridized carbons (Fsp3) is 0.560. The molecule has 3 amide bonds. The van der Waals surface area contributed by atoms with Gasteiger partial charge in [0.15, 0.2) is 0 Å². The highest BCUT2D eigenvalue weighted by Gasteiger charge is 2.73. The summed E-state index contributed by atoms with van der Waals surface area (Å²) in [5, 5.41) is 6.24. The summed E-state index contributed by atoms with van der Waals surface area (Å²) in [7, 11) is 0. The van der Waals surface area contributed by atoms with Crippen LogP contribution in [0.2, 0.25) is 0 Å². The molecule has 3 aliphatic heterocycles. The second-order valence-electron chi connectivity index (χ2n) is 10.0. The number of anilines is 1. The molecule has 0 aromatic heterocycles. The minimum atomic E-state index is -1.11. The molecule has 32 heavy (non-hydrogen) atoms. The third-order valence-corrected chi connectivity index (χ3v) is 7.73. The molecule has 2 aliphatic carbocycles. The highest BCUT2D eigenvalue weighted by atomic mass is 16.5. The number of rotatable bonds is 5. The molecule has 1 spiro atoms. The number of aryl methyl sites for hydroxylation is 1. The molecular formula is C25H29N3O4. The van der Waals surface area contributed by atoms with E-state index in [1.54, 1.807) is 4.90 Å². The van der Waals surface area contributed by atoms with Gasteiger partial charge in [0.2, 0.25) is 17.7 Å². The zero-order valence-corrected chi connectivity index (χ0v) is 18.3. The molecule has 7 heteroatoms. The molecule has 2 saturated carbocycles. The number of fused-ring (bicyclic) bond motifs is 1. The molecule has 4 fully saturated rings. The maximum Gasteiger partial charge on any atom is 0.246 e. The zero-order chi connectivity index (χ0) is 22.0. The molecule has 1 aromatic carbocycles. The molecular weight excluding hydrogens is 406 g/mol. The fourth-order valence-electron chi connectivity index (χ4n) is 6.10. The van der Waals surface area contributed by atoms with Crippen molar-refractivity contribution >= 4 is 23.4 Å². The predicted molar refractivity (Wildman–Crippen MR) is 118 cm³/mol. The second kappa shape index (κ2) is 7.17. The van der Waals surface area contributed by atoms with Crippen molar-refractivity contribution < 1.29 is 19.1 Å². The van der Waals surface area contributed by atoms with Gasteiger partial charge in [0.25, 0.3) is 0 Å². The Balaban J connectivity index is 1.40. The topological polar surface area (TPSA) is 87.7 Å². The van der Waals surface area contributed by atoms with Crippen molar-refractivity contribution in [3.8, 4) is 0 Å². The smallest absolute Gasteiger partial charge is 0.246 e. The first-order valence-electron chi connectivity index (χ1n) is 11.9. The van der Waals surface area contributed by atoms with Crippen LogP contribution in [0.15, 0.2) is 36.4 Å². The maximum atomic E-state index is 13.9. The number of carbonyl (C=O) groups is 3. The number of nitrogens with one attached hydrogen (secondary N) is 2. The Bertz CT molecular complexity index is 1010. The average molecular weight is 436 g/mol. The molecule has 7 nitrogen and oxygen atoms in total. The Kier molecular flexibility index (Phi) is 4.47. The third kappa shape index (κ3) is 2.94. The van der Waals surface area contributed by atoms with E-state index in [0.717, 1.165) is 44.1 Å². The highest BCUT2D eigenvalue weighted by Crippen LogP contribution is 2.56. The zero-order valence-electron chi connectivity index (χ0n) is 18.3. The summed E-state index contributed by atoms with van der Waals surface area (Å²) in [5.74, 6) is -1.84. The van der Waals surface area contributed by atoms with E-state index in [-0.39, 0.29) is 29.8 Å². The molecule has 5 aliphatic rings. The van der Waals surface area contributed by atoms with Crippen LogP contribution in [0.4, 0.5) is 5.69 Å². The Labute approximate surface area is 187 Å². The monoisotopic (exact) mass is 435 g/mol. The van der Waals surface area contributed by atoms with Gasteiger partial charge in [-0.3, -0.25) is 19.3 Å². The average Bonchev–Trinajstić information content (AvgIpc) is 3.12. The first-order valence-corrected chi connectivity index (χ1v) is 11.9. The lowest BCUT2D eigenvalue weighted by molar-refractivity contribution is -0.132. The number of ether oxygens (including phenoxy) is 1. The van der Waals surface area contributed by atoms with E-state index < -0.39 is 29.6 Å². The molecule has 1 aromatic rings. The second-order valence-corrected chi connectivity index (χ2v) is 10.0. The van der Waals surface area contributed by atoms with Gasteiger partial charge in [-0.05, 0) is 50.3 Å². The van der Waals surface area contributed by atoms with Gasteiger partial charge in [0.05, 0.1) is 17.9 Å². The largest absolute Gasteiger partial charge is 0.359 e. The van der Waals surface area contributed by atoms with Crippen molar-refractivity contribution in [2.24, 2.45) is 11.8 Å². The van der Waals surface area contributed by atoms with Crippen LogP contribution < -0.4 is 15.5 Å². The van der Waals surface area contributed by atoms with Crippen molar-refractivity contribution in [1.29, 1.82) is 0 Å². The normalized spacial score (nSPS) is 35.4. The van der Waals surface area contributed by atoms with Crippen molar-refractivity contribution in [3.63, 3.8) is 0 Å². The third-order valence-electron chi connectivity index (χ3n) is 7.73. The van der Waals surface area contributed by atoms with Crippen LogP contribution in [0.1, 0.15) is 44.1 Å². The maximum absolute atomic E-state index is 13.9. The number of amides is 3. The Morgan fingerprint density at radius 2 is 1.78 bits per heavy atom. The predicted octanol–water partition coefficient (Wildman–Crippen LogP) is 1.99. The van der Waals surface area contributed by atoms with Gasteiger partial charge in [-0.1, -0.05) is 37.1 Å². The Morgan fingerprint density at radius 3 is 2.50 bits per heavy atom. The van der Waals surface area contributed by atoms with Crippen LogP contribution in [0, 0.1) is 18.8 Å². The SMILES string of the molecule is Cc1cccc(N2C(=O)[C@H]3[C@@H](C(=O)NC4CC4)[C@H]4C=C[C@@]3(O4)[C@@H]2C(=O)NC2CCCC2)c1. The molecule has 6 rings (SSSR count). The van der Waals surface area contributed by atoms with Crippen molar-refractivity contribution in [2.75, 3.05) is 4.90 Å². The summed E-state index contributed by atoms with van der Waals surface area (Å²) in [5.41, 5.74) is 0.565. The van der Waals surface area contributed by atoms with E-state index in [9.17, 15) is 14.4 Å². The summed E-state index contributed by atoms with van der Waals surface area (Å²) in [4.78, 5) is 42.3. The number of benzene rings is 1. The van der Waals surface area contributed by atoms with Crippen LogP contribution in [0.25, 0.3) is 0 Å². The Hall–Kier alpha value is -2.67. The van der Waals surface area contributed by atoms with E-state index in [1.165, 1.54) is 0 Å². The van der Waals surface area contributed by atoms with Gasteiger partial charge >= 0.3 is 0 Å². The fourth-order valence-corrected chi connectivity index (χ4v) is 6.10. The van der Waals surface area contributed by atoms with Gasteiger partial charge in [0.1, 0.15) is 11.6 Å². The van der Waals surface area contributed by atoms with Gasteiger partial charge in [0, 0.05) is 17.8 Å². The molecule has 5 atom stereocenters.